The second kappa shape index (κ2) is 6.06. The number of carbonyl (C=O) groups excluding carboxylic acids is 1. The normalized spacial score (nSPS) is 22.9. The van der Waals surface area contributed by atoms with Crippen LogP contribution in [0.15, 0.2) is 18.2 Å². The average molecular weight is 261 g/mol. The summed E-state index contributed by atoms with van der Waals surface area (Å²) in [6, 6.07) is 6.52. The van der Waals surface area contributed by atoms with Crippen LogP contribution in [0.1, 0.15) is 41.6 Å². The van der Waals surface area contributed by atoms with Crippen molar-refractivity contribution in [2.45, 2.75) is 44.7 Å². The molecule has 1 amide bonds. The number of hydrogen-bond acceptors (Lipinski definition) is 3. The number of carbonyl (C=O) groups is 1. The van der Waals surface area contributed by atoms with Crippen molar-refractivity contribution in [2.24, 2.45) is 5.73 Å². The van der Waals surface area contributed by atoms with Crippen molar-refractivity contribution < 1.29 is 4.79 Å². The van der Waals surface area contributed by atoms with Gasteiger partial charge in [-0.25, -0.2) is 0 Å². The van der Waals surface area contributed by atoms with Gasteiger partial charge >= 0.3 is 0 Å². The Bertz CT molecular complexity index is 459. The second-order valence-corrected chi connectivity index (χ2v) is 5.33. The lowest BCUT2D eigenvalue weighted by Gasteiger charge is -2.29. The van der Waals surface area contributed by atoms with Crippen molar-refractivity contribution in [2.75, 3.05) is 12.4 Å². The Morgan fingerprint density at radius 3 is 2.84 bits per heavy atom. The molecule has 2 unspecified atom stereocenters. The van der Waals surface area contributed by atoms with Crippen molar-refractivity contribution in [1.82, 2.24) is 5.32 Å². The molecule has 0 spiro atoms. The molecule has 4 N–H and O–H groups in total. The van der Waals surface area contributed by atoms with Gasteiger partial charge < -0.3 is 16.4 Å². The van der Waals surface area contributed by atoms with E-state index < -0.39 is 0 Å². The van der Waals surface area contributed by atoms with E-state index in [1.54, 1.807) is 7.05 Å². The molecule has 0 aliphatic heterocycles. The van der Waals surface area contributed by atoms with Crippen LogP contribution in [0.4, 0.5) is 5.69 Å². The third-order valence-electron chi connectivity index (χ3n) is 3.88. The fourth-order valence-electron chi connectivity index (χ4n) is 2.75. The number of benzene rings is 1. The third-order valence-corrected chi connectivity index (χ3v) is 3.88. The molecule has 4 heteroatoms. The Morgan fingerprint density at radius 1 is 1.37 bits per heavy atom. The molecule has 1 aromatic carbocycles. The molecule has 0 bridgehead atoms. The molecule has 1 aliphatic carbocycles. The highest BCUT2D eigenvalue weighted by Crippen LogP contribution is 2.24. The van der Waals surface area contributed by atoms with Gasteiger partial charge in [0.2, 0.25) is 0 Å². The minimum atomic E-state index is -0.0403. The predicted octanol–water partition coefficient (Wildman–Crippen LogP) is 2.04. The van der Waals surface area contributed by atoms with Gasteiger partial charge in [0, 0.05) is 30.4 Å². The molecule has 2 rings (SSSR count). The monoisotopic (exact) mass is 261 g/mol. The maximum atomic E-state index is 11.8. The fourth-order valence-corrected chi connectivity index (χ4v) is 2.75. The van der Waals surface area contributed by atoms with E-state index in [0.29, 0.717) is 12.1 Å². The molecule has 2 atom stereocenters. The Hall–Kier alpha value is -1.55. The highest BCUT2D eigenvalue weighted by Gasteiger charge is 2.20. The number of rotatable bonds is 3. The van der Waals surface area contributed by atoms with Gasteiger partial charge in [-0.2, -0.15) is 0 Å². The van der Waals surface area contributed by atoms with E-state index in [0.717, 1.165) is 36.1 Å². The zero-order chi connectivity index (χ0) is 13.8. The van der Waals surface area contributed by atoms with Crippen molar-refractivity contribution in [3.63, 3.8) is 0 Å². The lowest BCUT2D eigenvalue weighted by Crippen LogP contribution is -2.35. The molecule has 1 fully saturated rings. The molecular weight excluding hydrogens is 238 g/mol. The van der Waals surface area contributed by atoms with Crippen LogP contribution in [-0.4, -0.2) is 25.0 Å². The molecule has 1 saturated carbocycles. The summed E-state index contributed by atoms with van der Waals surface area (Å²) < 4.78 is 0. The summed E-state index contributed by atoms with van der Waals surface area (Å²) in [5.41, 5.74) is 8.78. The van der Waals surface area contributed by atoms with Crippen molar-refractivity contribution in [3.8, 4) is 0 Å². The molecule has 0 heterocycles. The van der Waals surface area contributed by atoms with Crippen molar-refractivity contribution in [1.29, 1.82) is 0 Å². The second-order valence-electron chi connectivity index (χ2n) is 5.33. The van der Waals surface area contributed by atoms with Gasteiger partial charge in [-0.3, -0.25) is 4.79 Å². The minimum Gasteiger partial charge on any atom is -0.382 e. The highest BCUT2D eigenvalue weighted by molar-refractivity contribution is 5.96. The molecule has 1 aliphatic rings. The average Bonchev–Trinajstić information content (AvgIpc) is 2.40. The fraction of sp³-hybridized carbons (Fsp3) is 0.533. The number of anilines is 1. The summed E-state index contributed by atoms with van der Waals surface area (Å²) in [6.07, 6.45) is 4.45. The highest BCUT2D eigenvalue weighted by atomic mass is 16.1. The topological polar surface area (TPSA) is 67.2 Å². The van der Waals surface area contributed by atoms with Gasteiger partial charge in [0.05, 0.1) is 0 Å². The SMILES string of the molecule is CNC(=O)c1cccc(NC2CCCC(N)C2)c1C. The summed E-state index contributed by atoms with van der Waals surface area (Å²) in [6.45, 7) is 1.98. The van der Waals surface area contributed by atoms with Crippen LogP contribution in [0, 0.1) is 6.92 Å². The molecule has 0 saturated heterocycles. The first kappa shape index (κ1) is 13.9. The molecule has 0 aromatic heterocycles. The lowest BCUT2D eigenvalue weighted by molar-refractivity contribution is 0.0962. The van der Waals surface area contributed by atoms with Crippen LogP contribution in [0.5, 0.6) is 0 Å². The molecule has 4 nitrogen and oxygen atoms in total. The zero-order valence-corrected chi connectivity index (χ0v) is 11.7. The molecular formula is C15H23N3O. The van der Waals surface area contributed by atoms with Crippen LogP contribution in [-0.2, 0) is 0 Å². The molecule has 104 valence electrons. The van der Waals surface area contributed by atoms with Gasteiger partial charge in [0.25, 0.3) is 5.91 Å². The standard InChI is InChI=1S/C15H23N3O/c1-10-13(15(19)17-2)7-4-8-14(10)18-12-6-3-5-11(16)9-12/h4,7-8,11-12,18H,3,5-6,9,16H2,1-2H3,(H,17,19). The van der Waals surface area contributed by atoms with Crippen LogP contribution < -0.4 is 16.4 Å². The molecule has 1 aromatic rings. The van der Waals surface area contributed by atoms with Gasteiger partial charge in [-0.05, 0) is 50.3 Å². The van der Waals surface area contributed by atoms with Crippen LogP contribution in [0.2, 0.25) is 0 Å². The Labute approximate surface area is 114 Å². The van der Waals surface area contributed by atoms with E-state index in [-0.39, 0.29) is 5.91 Å². The maximum absolute atomic E-state index is 11.8. The van der Waals surface area contributed by atoms with Crippen LogP contribution in [0.3, 0.4) is 0 Å². The number of hydrogen-bond donors (Lipinski definition) is 3. The van der Waals surface area contributed by atoms with E-state index in [4.69, 9.17) is 5.73 Å². The number of nitrogens with two attached hydrogens (primary N) is 1. The maximum Gasteiger partial charge on any atom is 0.251 e. The number of nitrogens with one attached hydrogen (secondary N) is 2. The molecule has 19 heavy (non-hydrogen) atoms. The largest absolute Gasteiger partial charge is 0.382 e. The zero-order valence-electron chi connectivity index (χ0n) is 11.7. The van der Waals surface area contributed by atoms with Gasteiger partial charge in [0.15, 0.2) is 0 Å². The smallest absolute Gasteiger partial charge is 0.251 e. The van der Waals surface area contributed by atoms with E-state index in [9.17, 15) is 4.79 Å². The van der Waals surface area contributed by atoms with E-state index in [1.165, 1.54) is 6.42 Å². The van der Waals surface area contributed by atoms with E-state index >= 15 is 0 Å². The molecule has 0 radical (unpaired) electrons. The lowest BCUT2D eigenvalue weighted by atomic mass is 9.91. The third kappa shape index (κ3) is 3.26. The van der Waals surface area contributed by atoms with Crippen LogP contribution >= 0.6 is 0 Å². The predicted molar refractivity (Wildman–Crippen MR) is 78.4 cm³/mol. The Kier molecular flexibility index (Phi) is 4.43. The first-order chi connectivity index (χ1) is 9.11. The quantitative estimate of drug-likeness (QED) is 0.780. The van der Waals surface area contributed by atoms with Gasteiger partial charge in [-0.15, -0.1) is 0 Å². The minimum absolute atomic E-state index is 0.0403. The first-order valence-corrected chi connectivity index (χ1v) is 6.95. The first-order valence-electron chi connectivity index (χ1n) is 6.95. The summed E-state index contributed by atoms with van der Waals surface area (Å²) in [7, 11) is 1.65. The van der Waals surface area contributed by atoms with Crippen molar-refractivity contribution in [3.05, 3.63) is 29.3 Å². The summed E-state index contributed by atoms with van der Waals surface area (Å²) >= 11 is 0. The van der Waals surface area contributed by atoms with E-state index in [1.807, 2.05) is 25.1 Å². The summed E-state index contributed by atoms with van der Waals surface area (Å²) in [5, 5.41) is 6.21. The van der Waals surface area contributed by atoms with E-state index in [2.05, 4.69) is 10.6 Å². The number of amides is 1. The summed E-state index contributed by atoms with van der Waals surface area (Å²) in [5.74, 6) is -0.0403. The Balaban J connectivity index is 2.14. The Morgan fingerprint density at radius 2 is 2.16 bits per heavy atom. The van der Waals surface area contributed by atoms with Crippen molar-refractivity contribution >= 4 is 11.6 Å². The van der Waals surface area contributed by atoms with Crippen LogP contribution in [0.25, 0.3) is 0 Å². The van der Waals surface area contributed by atoms with Gasteiger partial charge in [0.1, 0.15) is 0 Å². The summed E-state index contributed by atoms with van der Waals surface area (Å²) in [4.78, 5) is 11.8. The van der Waals surface area contributed by atoms with Gasteiger partial charge in [-0.1, -0.05) is 6.07 Å².